The molecule has 0 amide bonds. The average molecular weight is 221 g/mol. The van der Waals surface area contributed by atoms with Crippen LogP contribution in [0, 0.1) is 0 Å². The van der Waals surface area contributed by atoms with Gasteiger partial charge in [0.05, 0.1) is 5.69 Å². The van der Waals surface area contributed by atoms with E-state index in [0.29, 0.717) is 5.69 Å². The lowest BCUT2D eigenvalue weighted by molar-refractivity contribution is 0.0652. The van der Waals surface area contributed by atoms with Crippen LogP contribution < -0.4 is 0 Å². The zero-order valence-electron chi connectivity index (χ0n) is 8.91. The van der Waals surface area contributed by atoms with Crippen LogP contribution in [0.5, 0.6) is 0 Å². The molecule has 0 saturated carbocycles. The summed E-state index contributed by atoms with van der Waals surface area (Å²) in [7, 11) is 0. The standard InChI is InChI=1S/C10H11N3O3/c1-6(2)13-8(3-4-11-13)7-5-9(10(14)15)16-12-7/h3-6H,1-2H3,(H,14,15). The van der Waals surface area contributed by atoms with Crippen molar-refractivity contribution in [3.05, 3.63) is 24.1 Å². The van der Waals surface area contributed by atoms with Gasteiger partial charge in [0, 0.05) is 18.3 Å². The summed E-state index contributed by atoms with van der Waals surface area (Å²) in [5.41, 5.74) is 1.22. The molecule has 1 N–H and O–H groups in total. The Bertz CT molecular complexity index is 513. The Hall–Kier alpha value is -2.11. The minimum Gasteiger partial charge on any atom is -0.475 e. The normalized spacial score (nSPS) is 10.9. The number of aromatic nitrogens is 3. The lowest BCUT2D eigenvalue weighted by Gasteiger charge is -2.08. The SMILES string of the molecule is CC(C)n1nccc1-c1cc(C(=O)O)on1. The Labute approximate surface area is 91.5 Å². The molecule has 0 fully saturated rings. The fourth-order valence-electron chi connectivity index (χ4n) is 1.43. The first kappa shape index (κ1) is 10.4. The first-order valence-corrected chi connectivity index (χ1v) is 4.83. The third kappa shape index (κ3) is 1.69. The van der Waals surface area contributed by atoms with Gasteiger partial charge in [0.15, 0.2) is 0 Å². The van der Waals surface area contributed by atoms with Crippen molar-refractivity contribution < 1.29 is 14.4 Å². The van der Waals surface area contributed by atoms with E-state index in [1.807, 2.05) is 13.8 Å². The Balaban J connectivity index is 2.42. The number of aromatic carboxylic acids is 1. The molecular weight excluding hydrogens is 210 g/mol. The van der Waals surface area contributed by atoms with Crippen molar-refractivity contribution in [2.75, 3.05) is 0 Å². The molecule has 0 saturated heterocycles. The molecule has 2 heterocycles. The van der Waals surface area contributed by atoms with Crippen LogP contribution in [-0.4, -0.2) is 26.0 Å². The van der Waals surface area contributed by atoms with Crippen molar-refractivity contribution in [1.82, 2.24) is 14.9 Å². The van der Waals surface area contributed by atoms with Crippen molar-refractivity contribution in [2.45, 2.75) is 19.9 Å². The molecule has 0 bridgehead atoms. The summed E-state index contributed by atoms with van der Waals surface area (Å²) in [6.45, 7) is 3.96. The Morgan fingerprint density at radius 3 is 2.88 bits per heavy atom. The van der Waals surface area contributed by atoms with Gasteiger partial charge in [0.1, 0.15) is 5.69 Å². The Kier molecular flexibility index (Phi) is 2.47. The van der Waals surface area contributed by atoms with E-state index in [1.165, 1.54) is 6.07 Å². The summed E-state index contributed by atoms with van der Waals surface area (Å²) >= 11 is 0. The maximum atomic E-state index is 10.6. The van der Waals surface area contributed by atoms with Gasteiger partial charge in [-0.15, -0.1) is 0 Å². The van der Waals surface area contributed by atoms with Gasteiger partial charge >= 0.3 is 5.97 Å². The number of carbonyl (C=O) groups is 1. The van der Waals surface area contributed by atoms with Crippen LogP contribution in [0.1, 0.15) is 30.4 Å². The maximum absolute atomic E-state index is 10.6. The van der Waals surface area contributed by atoms with Crippen molar-refractivity contribution in [2.24, 2.45) is 0 Å². The minimum absolute atomic E-state index is 0.175. The fraction of sp³-hybridized carbons (Fsp3) is 0.300. The minimum atomic E-state index is -1.13. The highest BCUT2D eigenvalue weighted by Crippen LogP contribution is 2.21. The summed E-state index contributed by atoms with van der Waals surface area (Å²) in [5.74, 6) is -1.30. The smallest absolute Gasteiger partial charge is 0.374 e. The predicted molar refractivity (Wildman–Crippen MR) is 55.1 cm³/mol. The monoisotopic (exact) mass is 221 g/mol. The van der Waals surface area contributed by atoms with Crippen LogP contribution in [-0.2, 0) is 0 Å². The van der Waals surface area contributed by atoms with Crippen LogP contribution >= 0.6 is 0 Å². The molecule has 0 radical (unpaired) electrons. The van der Waals surface area contributed by atoms with Gasteiger partial charge in [-0.2, -0.15) is 5.10 Å². The van der Waals surface area contributed by atoms with E-state index in [-0.39, 0.29) is 11.8 Å². The van der Waals surface area contributed by atoms with Gasteiger partial charge in [0.25, 0.3) is 0 Å². The lowest BCUT2D eigenvalue weighted by Crippen LogP contribution is -2.04. The predicted octanol–water partition coefficient (Wildman–Crippen LogP) is 1.82. The van der Waals surface area contributed by atoms with E-state index in [0.717, 1.165) is 5.69 Å². The second-order valence-electron chi connectivity index (χ2n) is 3.64. The first-order chi connectivity index (χ1) is 7.59. The van der Waals surface area contributed by atoms with E-state index in [1.54, 1.807) is 16.9 Å². The van der Waals surface area contributed by atoms with E-state index in [4.69, 9.17) is 9.63 Å². The second-order valence-corrected chi connectivity index (χ2v) is 3.64. The number of hydrogen-bond acceptors (Lipinski definition) is 4. The van der Waals surface area contributed by atoms with E-state index >= 15 is 0 Å². The summed E-state index contributed by atoms with van der Waals surface area (Å²) in [5, 5.41) is 16.6. The molecule has 2 aromatic heterocycles. The molecule has 2 rings (SSSR count). The quantitative estimate of drug-likeness (QED) is 0.854. The van der Waals surface area contributed by atoms with Crippen LogP contribution in [0.3, 0.4) is 0 Å². The average Bonchev–Trinajstić information content (AvgIpc) is 2.86. The zero-order chi connectivity index (χ0) is 11.7. The third-order valence-electron chi connectivity index (χ3n) is 2.14. The maximum Gasteiger partial charge on any atom is 0.374 e. The molecule has 6 nitrogen and oxygen atoms in total. The third-order valence-corrected chi connectivity index (χ3v) is 2.14. The summed E-state index contributed by atoms with van der Waals surface area (Å²) in [4.78, 5) is 10.6. The van der Waals surface area contributed by atoms with E-state index in [9.17, 15) is 4.79 Å². The van der Waals surface area contributed by atoms with Crippen molar-refractivity contribution in [1.29, 1.82) is 0 Å². The number of carboxylic acids is 1. The molecule has 0 unspecified atom stereocenters. The van der Waals surface area contributed by atoms with Crippen molar-refractivity contribution in [3.8, 4) is 11.4 Å². The molecular formula is C10H11N3O3. The molecule has 0 aliphatic carbocycles. The number of hydrogen-bond donors (Lipinski definition) is 1. The van der Waals surface area contributed by atoms with E-state index < -0.39 is 5.97 Å². The molecule has 84 valence electrons. The number of carboxylic acid groups (broad SMARTS) is 1. The van der Waals surface area contributed by atoms with Crippen LogP contribution in [0.4, 0.5) is 0 Å². The molecule has 0 spiro atoms. The highest BCUT2D eigenvalue weighted by Gasteiger charge is 2.16. The van der Waals surface area contributed by atoms with Gasteiger partial charge < -0.3 is 9.63 Å². The Morgan fingerprint density at radius 2 is 2.31 bits per heavy atom. The van der Waals surface area contributed by atoms with Gasteiger partial charge in [-0.25, -0.2) is 4.79 Å². The van der Waals surface area contributed by atoms with Crippen LogP contribution in [0.25, 0.3) is 11.4 Å². The van der Waals surface area contributed by atoms with Crippen LogP contribution in [0.15, 0.2) is 22.9 Å². The zero-order valence-corrected chi connectivity index (χ0v) is 8.91. The van der Waals surface area contributed by atoms with Gasteiger partial charge in [-0.3, -0.25) is 4.68 Å². The molecule has 0 atom stereocenters. The number of nitrogens with zero attached hydrogens (tertiary/aromatic N) is 3. The summed E-state index contributed by atoms with van der Waals surface area (Å²) in [6.07, 6.45) is 1.64. The first-order valence-electron chi connectivity index (χ1n) is 4.83. The van der Waals surface area contributed by atoms with Gasteiger partial charge in [-0.05, 0) is 19.9 Å². The van der Waals surface area contributed by atoms with E-state index in [2.05, 4.69) is 10.3 Å². The summed E-state index contributed by atoms with van der Waals surface area (Å²) in [6, 6.07) is 3.33. The molecule has 6 heteroatoms. The highest BCUT2D eigenvalue weighted by molar-refractivity contribution is 5.85. The molecule has 16 heavy (non-hydrogen) atoms. The topological polar surface area (TPSA) is 81.2 Å². The fourth-order valence-corrected chi connectivity index (χ4v) is 1.43. The number of rotatable bonds is 3. The lowest BCUT2D eigenvalue weighted by atomic mass is 10.2. The van der Waals surface area contributed by atoms with Crippen LogP contribution in [0.2, 0.25) is 0 Å². The molecule has 0 aliphatic rings. The van der Waals surface area contributed by atoms with Gasteiger partial charge in [-0.1, -0.05) is 5.16 Å². The van der Waals surface area contributed by atoms with Crippen molar-refractivity contribution >= 4 is 5.97 Å². The Morgan fingerprint density at radius 1 is 1.56 bits per heavy atom. The molecule has 2 aromatic rings. The van der Waals surface area contributed by atoms with Crippen molar-refractivity contribution in [3.63, 3.8) is 0 Å². The summed E-state index contributed by atoms with van der Waals surface area (Å²) < 4.78 is 6.45. The molecule has 0 aliphatic heterocycles. The largest absolute Gasteiger partial charge is 0.475 e. The second kappa shape index (κ2) is 3.80. The molecule has 0 aromatic carbocycles. The highest BCUT2D eigenvalue weighted by atomic mass is 16.5. The van der Waals surface area contributed by atoms with Gasteiger partial charge in [0.2, 0.25) is 5.76 Å².